The maximum absolute atomic E-state index is 13.2. The second-order valence-electron chi connectivity index (χ2n) is 12.9. The minimum Gasteiger partial charge on any atom is -0.444 e. The Morgan fingerprint density at radius 1 is 1.13 bits per heavy atom. The molecule has 2 N–H and O–H groups in total. The molecule has 1 aromatic carbocycles. The first-order chi connectivity index (χ1) is 17.9. The van der Waals surface area contributed by atoms with Crippen LogP contribution >= 0.6 is 0 Å². The quantitative estimate of drug-likeness (QED) is 0.340. The van der Waals surface area contributed by atoms with Crippen molar-refractivity contribution in [2.45, 2.75) is 110 Å². The molecule has 1 aromatic heterocycles. The van der Waals surface area contributed by atoms with Crippen molar-refractivity contribution in [1.82, 2.24) is 10.5 Å². The lowest BCUT2D eigenvalue weighted by atomic mass is 9.69. The molecule has 2 aliphatic rings. The van der Waals surface area contributed by atoms with Gasteiger partial charge < -0.3 is 19.9 Å². The van der Waals surface area contributed by atoms with Crippen LogP contribution in [0.4, 0.5) is 10.5 Å². The van der Waals surface area contributed by atoms with Gasteiger partial charge in [0.15, 0.2) is 0 Å². The van der Waals surface area contributed by atoms with Crippen molar-refractivity contribution in [3.63, 3.8) is 0 Å². The largest absolute Gasteiger partial charge is 0.444 e. The summed E-state index contributed by atoms with van der Waals surface area (Å²) >= 11 is 0. The first-order valence-corrected chi connectivity index (χ1v) is 14.2. The van der Waals surface area contributed by atoms with Crippen molar-refractivity contribution in [2.24, 2.45) is 11.8 Å². The molecule has 0 unspecified atom stereocenters. The second kappa shape index (κ2) is 11.5. The van der Waals surface area contributed by atoms with Gasteiger partial charge in [-0.25, -0.2) is 4.79 Å². The molecule has 2 aliphatic carbocycles. The highest BCUT2D eigenvalue weighted by atomic mass is 16.6. The average molecular weight is 524 g/mol. The smallest absolute Gasteiger partial charge is 0.407 e. The van der Waals surface area contributed by atoms with Crippen LogP contribution in [-0.4, -0.2) is 29.3 Å². The summed E-state index contributed by atoms with van der Waals surface area (Å²) in [6.07, 6.45) is 5.45. The van der Waals surface area contributed by atoms with Crippen LogP contribution in [0.2, 0.25) is 0 Å². The topological polar surface area (TPSA) is 93.5 Å². The van der Waals surface area contributed by atoms with Gasteiger partial charge in [0, 0.05) is 36.1 Å². The van der Waals surface area contributed by atoms with Gasteiger partial charge in [0.1, 0.15) is 11.4 Å². The fourth-order valence-corrected chi connectivity index (χ4v) is 5.67. The normalized spacial score (nSPS) is 20.1. The number of benzene rings is 1. The Bertz CT molecular complexity index is 1140. The van der Waals surface area contributed by atoms with E-state index in [0.29, 0.717) is 17.8 Å². The molecule has 1 heterocycles. The summed E-state index contributed by atoms with van der Waals surface area (Å²) < 4.78 is 11.5. The fraction of sp³-hybridized carbons (Fsp3) is 0.645. The number of nitrogens with zero attached hydrogens (tertiary/aromatic N) is 1. The van der Waals surface area contributed by atoms with Crippen molar-refractivity contribution in [3.8, 4) is 0 Å². The SMILES string of the molecule is Cc1ccc(NC(=O)C[C@H](CNC(=O)OC(C)(C)C)c2noc([C@H]3C[C@@H](CC(C)C)C3)c2C2CC2)c(C)c1. The Morgan fingerprint density at radius 2 is 1.84 bits per heavy atom. The van der Waals surface area contributed by atoms with Gasteiger partial charge in [-0.05, 0) is 96.1 Å². The monoisotopic (exact) mass is 523 g/mol. The highest BCUT2D eigenvalue weighted by Gasteiger charge is 2.41. The van der Waals surface area contributed by atoms with Gasteiger partial charge in [0.25, 0.3) is 0 Å². The van der Waals surface area contributed by atoms with Gasteiger partial charge in [-0.1, -0.05) is 36.7 Å². The number of rotatable bonds is 10. The van der Waals surface area contributed by atoms with Crippen LogP contribution in [0.1, 0.15) is 119 Å². The molecular formula is C31H45N3O4. The third-order valence-electron chi connectivity index (χ3n) is 7.55. The van der Waals surface area contributed by atoms with E-state index in [4.69, 9.17) is 9.26 Å². The third-order valence-corrected chi connectivity index (χ3v) is 7.55. The van der Waals surface area contributed by atoms with Crippen molar-refractivity contribution in [2.75, 3.05) is 11.9 Å². The molecular weight excluding hydrogens is 478 g/mol. The van der Waals surface area contributed by atoms with Gasteiger partial charge in [0.2, 0.25) is 5.91 Å². The highest BCUT2D eigenvalue weighted by molar-refractivity contribution is 5.92. The molecule has 0 saturated heterocycles. The molecule has 2 fully saturated rings. The van der Waals surface area contributed by atoms with Crippen molar-refractivity contribution >= 4 is 17.7 Å². The van der Waals surface area contributed by atoms with E-state index >= 15 is 0 Å². The van der Waals surface area contributed by atoms with Gasteiger partial charge in [-0.2, -0.15) is 0 Å². The Hall–Kier alpha value is -2.83. The fourth-order valence-electron chi connectivity index (χ4n) is 5.67. The zero-order chi connectivity index (χ0) is 27.6. The van der Waals surface area contributed by atoms with Crippen LogP contribution in [0.5, 0.6) is 0 Å². The van der Waals surface area contributed by atoms with Crippen LogP contribution in [0, 0.1) is 25.7 Å². The van der Waals surface area contributed by atoms with E-state index in [2.05, 4.69) is 35.7 Å². The number of carbonyl (C=O) groups excluding carboxylic acids is 2. The molecule has 0 aliphatic heterocycles. The Kier molecular flexibility index (Phi) is 8.53. The van der Waals surface area contributed by atoms with Crippen LogP contribution < -0.4 is 10.6 Å². The van der Waals surface area contributed by atoms with Crippen LogP contribution in [-0.2, 0) is 9.53 Å². The van der Waals surface area contributed by atoms with Crippen LogP contribution in [0.3, 0.4) is 0 Å². The Morgan fingerprint density at radius 3 is 2.45 bits per heavy atom. The van der Waals surface area contributed by atoms with Crippen molar-refractivity contribution < 1.29 is 18.8 Å². The predicted octanol–water partition coefficient (Wildman–Crippen LogP) is 7.35. The van der Waals surface area contributed by atoms with Crippen molar-refractivity contribution in [3.05, 3.63) is 46.3 Å². The summed E-state index contributed by atoms with van der Waals surface area (Å²) in [4.78, 5) is 25.7. The summed E-state index contributed by atoms with van der Waals surface area (Å²) in [5.41, 5.74) is 4.38. The Labute approximate surface area is 227 Å². The zero-order valence-electron chi connectivity index (χ0n) is 24.1. The minimum atomic E-state index is -0.600. The van der Waals surface area contributed by atoms with Gasteiger partial charge in [0.05, 0.1) is 5.69 Å². The third kappa shape index (κ3) is 7.39. The number of carbonyl (C=O) groups is 2. The van der Waals surface area contributed by atoms with Crippen LogP contribution in [0.15, 0.2) is 22.7 Å². The van der Waals surface area contributed by atoms with E-state index in [-0.39, 0.29) is 24.8 Å². The number of aromatic nitrogens is 1. The lowest BCUT2D eigenvalue weighted by Gasteiger charge is -2.35. The molecule has 2 saturated carbocycles. The highest BCUT2D eigenvalue weighted by Crippen LogP contribution is 2.52. The standard InChI is InChI=1S/C31H45N3O4/c1-18(2)12-21-14-23(15-21)29-27(22-9-10-22)28(34-38-29)24(17-32-30(36)37-31(5,6)7)16-26(35)33-25-11-8-19(3)13-20(25)4/h8,11,13,18,21-24H,9-10,12,14-17H2,1-7H3,(H,32,36)(H,33,35)/t21-,23+,24-/m1/s1. The van der Waals surface area contributed by atoms with Gasteiger partial charge in [-0.15, -0.1) is 0 Å². The van der Waals surface area contributed by atoms with E-state index in [0.717, 1.165) is 59.9 Å². The summed E-state index contributed by atoms with van der Waals surface area (Å²) in [6.45, 7) is 14.3. The number of nitrogens with one attached hydrogen (secondary N) is 2. The summed E-state index contributed by atoms with van der Waals surface area (Å²) in [5.74, 6) is 2.87. The number of hydrogen-bond donors (Lipinski definition) is 2. The lowest BCUT2D eigenvalue weighted by Crippen LogP contribution is -2.35. The zero-order valence-corrected chi connectivity index (χ0v) is 24.1. The molecule has 2 amide bonds. The molecule has 0 radical (unpaired) electrons. The number of anilines is 1. The molecule has 0 bridgehead atoms. The summed E-state index contributed by atoms with van der Waals surface area (Å²) in [7, 11) is 0. The minimum absolute atomic E-state index is 0.111. The van der Waals surface area contributed by atoms with E-state index < -0.39 is 11.7 Å². The number of alkyl carbamates (subject to hydrolysis) is 1. The summed E-state index contributed by atoms with van der Waals surface area (Å²) in [5, 5.41) is 10.5. The van der Waals surface area contributed by atoms with E-state index in [1.165, 1.54) is 12.0 Å². The second-order valence-corrected chi connectivity index (χ2v) is 12.9. The van der Waals surface area contributed by atoms with Crippen molar-refractivity contribution in [1.29, 1.82) is 0 Å². The molecule has 208 valence electrons. The maximum atomic E-state index is 13.2. The molecule has 1 atom stereocenters. The Balaban J connectivity index is 1.53. The van der Waals surface area contributed by atoms with Gasteiger partial charge in [-0.3, -0.25) is 4.79 Å². The lowest BCUT2D eigenvalue weighted by molar-refractivity contribution is -0.116. The number of ether oxygens (including phenoxy) is 1. The maximum Gasteiger partial charge on any atom is 0.407 e. The van der Waals surface area contributed by atoms with E-state index in [1.807, 2.05) is 46.8 Å². The number of amides is 2. The average Bonchev–Trinajstić information content (AvgIpc) is 3.52. The molecule has 7 heteroatoms. The molecule has 7 nitrogen and oxygen atoms in total. The number of aryl methyl sites for hydroxylation is 2. The van der Waals surface area contributed by atoms with Gasteiger partial charge >= 0.3 is 6.09 Å². The first-order valence-electron chi connectivity index (χ1n) is 14.2. The summed E-state index contributed by atoms with van der Waals surface area (Å²) in [6, 6.07) is 5.98. The molecule has 0 spiro atoms. The van der Waals surface area contributed by atoms with E-state index in [1.54, 1.807) is 0 Å². The number of hydrogen-bond acceptors (Lipinski definition) is 5. The van der Waals surface area contributed by atoms with E-state index in [9.17, 15) is 9.59 Å². The molecule has 4 rings (SSSR count). The molecule has 2 aromatic rings. The van der Waals surface area contributed by atoms with Crippen LogP contribution in [0.25, 0.3) is 0 Å². The molecule has 38 heavy (non-hydrogen) atoms. The predicted molar refractivity (Wildman–Crippen MR) is 150 cm³/mol. The first kappa shape index (κ1) is 28.2.